The van der Waals surface area contributed by atoms with E-state index in [-0.39, 0.29) is 17.6 Å². The lowest BCUT2D eigenvalue weighted by Gasteiger charge is -2.38. The molecular weight excluding hydrogens is 298 g/mol. The van der Waals surface area contributed by atoms with E-state index in [0.29, 0.717) is 0 Å². The average molecular weight is 321 g/mol. The van der Waals surface area contributed by atoms with Crippen LogP contribution in [0.15, 0.2) is 17.5 Å². The number of hydrogen-bond donors (Lipinski definition) is 0. The van der Waals surface area contributed by atoms with Crippen LogP contribution in [0.4, 0.5) is 0 Å². The van der Waals surface area contributed by atoms with Crippen molar-refractivity contribution in [2.45, 2.75) is 43.8 Å². The van der Waals surface area contributed by atoms with Crippen molar-refractivity contribution in [1.82, 2.24) is 4.90 Å². The summed E-state index contributed by atoms with van der Waals surface area (Å²) in [5, 5.41) is 1.96. The molecule has 22 heavy (non-hydrogen) atoms. The zero-order valence-corrected chi connectivity index (χ0v) is 13.6. The topological polar surface area (TPSA) is 38.8 Å². The predicted octanol–water partition coefficient (Wildman–Crippen LogP) is 2.94. The molecule has 2 saturated heterocycles. The van der Waals surface area contributed by atoms with E-state index in [0.717, 1.165) is 56.4 Å². The Bertz CT molecular complexity index is 518. The highest BCUT2D eigenvalue weighted by atomic mass is 32.1. The molecule has 5 heteroatoms. The molecular formula is C17H23NO3S. The monoisotopic (exact) mass is 321 g/mol. The number of thiophene rings is 1. The quantitative estimate of drug-likeness (QED) is 0.856. The maximum Gasteiger partial charge on any atom is 0.263 e. The van der Waals surface area contributed by atoms with E-state index in [1.807, 2.05) is 22.4 Å². The minimum Gasteiger partial charge on any atom is -0.375 e. The maximum absolute atomic E-state index is 12.4. The molecule has 3 fully saturated rings. The summed E-state index contributed by atoms with van der Waals surface area (Å²) in [6, 6.07) is 3.84. The lowest BCUT2D eigenvalue weighted by molar-refractivity contribution is -0.0409. The second-order valence-electron chi connectivity index (χ2n) is 6.87. The van der Waals surface area contributed by atoms with E-state index in [2.05, 4.69) is 0 Å². The number of amides is 1. The number of likely N-dealkylation sites (tertiary alicyclic amines) is 1. The van der Waals surface area contributed by atoms with Gasteiger partial charge in [0.25, 0.3) is 5.91 Å². The standard InChI is InChI=1S/C17H23NO3S/c19-16(15-2-1-9-22-15)18-7-5-17(6-8-18)10-14(12-21-17)20-11-13-3-4-13/h1-2,9,13-14H,3-8,10-12H2. The fourth-order valence-electron chi connectivity index (χ4n) is 3.49. The Labute approximate surface area is 135 Å². The highest BCUT2D eigenvalue weighted by Crippen LogP contribution is 2.38. The zero-order valence-electron chi connectivity index (χ0n) is 12.8. The van der Waals surface area contributed by atoms with Crippen LogP contribution in [0.5, 0.6) is 0 Å². The molecule has 3 heterocycles. The first-order chi connectivity index (χ1) is 10.7. The van der Waals surface area contributed by atoms with Crippen molar-refractivity contribution in [3.8, 4) is 0 Å². The van der Waals surface area contributed by atoms with Crippen LogP contribution in [0.3, 0.4) is 0 Å². The van der Waals surface area contributed by atoms with Crippen LogP contribution in [0, 0.1) is 5.92 Å². The van der Waals surface area contributed by atoms with Crippen molar-refractivity contribution < 1.29 is 14.3 Å². The molecule has 1 unspecified atom stereocenters. The van der Waals surface area contributed by atoms with E-state index in [1.165, 1.54) is 24.2 Å². The van der Waals surface area contributed by atoms with Gasteiger partial charge in [-0.2, -0.15) is 0 Å². The first-order valence-corrected chi connectivity index (χ1v) is 9.20. The fourth-order valence-corrected chi connectivity index (χ4v) is 4.18. The lowest BCUT2D eigenvalue weighted by atomic mass is 9.88. The Kier molecular flexibility index (Phi) is 3.96. The number of carbonyl (C=O) groups excluding carboxylic acids is 1. The van der Waals surface area contributed by atoms with Gasteiger partial charge >= 0.3 is 0 Å². The Morgan fingerprint density at radius 1 is 1.41 bits per heavy atom. The number of piperidine rings is 1. The molecule has 120 valence electrons. The molecule has 1 aromatic rings. The average Bonchev–Trinajstić information content (AvgIpc) is 3.06. The molecule has 0 radical (unpaired) electrons. The van der Waals surface area contributed by atoms with Crippen molar-refractivity contribution in [1.29, 1.82) is 0 Å². The van der Waals surface area contributed by atoms with E-state index in [9.17, 15) is 4.79 Å². The maximum atomic E-state index is 12.4. The van der Waals surface area contributed by atoms with Crippen molar-refractivity contribution in [2.24, 2.45) is 5.92 Å². The van der Waals surface area contributed by atoms with Gasteiger partial charge in [-0.15, -0.1) is 11.3 Å². The molecule has 0 aromatic carbocycles. The molecule has 2 aliphatic heterocycles. The highest BCUT2D eigenvalue weighted by molar-refractivity contribution is 7.12. The number of rotatable bonds is 4. The van der Waals surface area contributed by atoms with Gasteiger partial charge in [0, 0.05) is 26.1 Å². The third-order valence-electron chi connectivity index (χ3n) is 5.13. The van der Waals surface area contributed by atoms with Crippen LogP contribution in [0.25, 0.3) is 0 Å². The third kappa shape index (κ3) is 3.07. The summed E-state index contributed by atoms with van der Waals surface area (Å²) in [4.78, 5) is 15.2. The highest BCUT2D eigenvalue weighted by Gasteiger charge is 2.44. The molecule has 4 nitrogen and oxygen atoms in total. The first kappa shape index (κ1) is 14.7. The van der Waals surface area contributed by atoms with Crippen LogP contribution in [0.2, 0.25) is 0 Å². The fraction of sp³-hybridized carbons (Fsp3) is 0.706. The van der Waals surface area contributed by atoms with Crippen LogP contribution >= 0.6 is 11.3 Å². The van der Waals surface area contributed by atoms with Crippen LogP contribution in [-0.4, -0.2) is 48.8 Å². The van der Waals surface area contributed by atoms with Crippen LogP contribution < -0.4 is 0 Å². The van der Waals surface area contributed by atoms with E-state index in [4.69, 9.17) is 9.47 Å². The first-order valence-electron chi connectivity index (χ1n) is 8.32. The van der Waals surface area contributed by atoms with Crippen LogP contribution in [-0.2, 0) is 9.47 Å². The number of nitrogens with zero attached hydrogens (tertiary/aromatic N) is 1. The van der Waals surface area contributed by atoms with Crippen molar-refractivity contribution in [3.63, 3.8) is 0 Å². The molecule has 1 saturated carbocycles. The predicted molar refractivity (Wildman–Crippen MR) is 85.2 cm³/mol. The van der Waals surface area contributed by atoms with Crippen molar-refractivity contribution in [3.05, 3.63) is 22.4 Å². The van der Waals surface area contributed by atoms with Crippen molar-refractivity contribution >= 4 is 17.2 Å². The second kappa shape index (κ2) is 5.95. The van der Waals surface area contributed by atoms with E-state index >= 15 is 0 Å². The third-order valence-corrected chi connectivity index (χ3v) is 5.99. The van der Waals surface area contributed by atoms with E-state index in [1.54, 1.807) is 0 Å². The Morgan fingerprint density at radius 3 is 2.91 bits per heavy atom. The molecule has 4 rings (SSSR count). The summed E-state index contributed by atoms with van der Waals surface area (Å²) in [6.45, 7) is 3.23. The lowest BCUT2D eigenvalue weighted by Crippen LogP contribution is -2.46. The van der Waals surface area contributed by atoms with Gasteiger partial charge in [0.1, 0.15) is 0 Å². The number of ether oxygens (including phenoxy) is 2. The van der Waals surface area contributed by atoms with E-state index < -0.39 is 0 Å². The van der Waals surface area contributed by atoms with Gasteiger partial charge in [0.2, 0.25) is 0 Å². The van der Waals surface area contributed by atoms with Gasteiger partial charge in [0.15, 0.2) is 0 Å². The number of hydrogen-bond acceptors (Lipinski definition) is 4. The minimum absolute atomic E-state index is 0.0412. The molecule has 1 atom stereocenters. The Hall–Kier alpha value is -0.910. The van der Waals surface area contributed by atoms with Gasteiger partial charge in [-0.05, 0) is 43.0 Å². The van der Waals surface area contributed by atoms with Crippen molar-refractivity contribution in [2.75, 3.05) is 26.3 Å². The Morgan fingerprint density at radius 2 is 2.23 bits per heavy atom. The van der Waals surface area contributed by atoms with Gasteiger partial charge in [0.05, 0.1) is 23.2 Å². The summed E-state index contributed by atoms with van der Waals surface area (Å²) >= 11 is 1.52. The molecule has 3 aliphatic rings. The zero-order chi connectivity index (χ0) is 15.0. The smallest absolute Gasteiger partial charge is 0.263 e. The van der Waals surface area contributed by atoms with Gasteiger partial charge in [-0.3, -0.25) is 4.79 Å². The number of carbonyl (C=O) groups is 1. The molecule has 1 aromatic heterocycles. The van der Waals surface area contributed by atoms with Crippen LogP contribution in [0.1, 0.15) is 41.8 Å². The SMILES string of the molecule is O=C(c1cccs1)N1CCC2(CC1)CC(OCC1CC1)CO2. The molecule has 1 amide bonds. The summed E-state index contributed by atoms with van der Waals surface area (Å²) in [6.07, 6.45) is 5.80. The molecule has 1 aliphatic carbocycles. The summed E-state index contributed by atoms with van der Waals surface area (Å²) in [5.74, 6) is 0.978. The molecule has 1 spiro atoms. The molecule has 0 N–H and O–H groups in total. The summed E-state index contributed by atoms with van der Waals surface area (Å²) < 4.78 is 12.1. The van der Waals surface area contributed by atoms with Gasteiger partial charge in [-0.25, -0.2) is 0 Å². The normalized spacial score (nSPS) is 27.5. The largest absolute Gasteiger partial charge is 0.375 e. The second-order valence-corrected chi connectivity index (χ2v) is 7.81. The van der Waals surface area contributed by atoms with Gasteiger partial charge in [-0.1, -0.05) is 6.07 Å². The summed E-state index contributed by atoms with van der Waals surface area (Å²) in [5.41, 5.74) is -0.0412. The Balaban J connectivity index is 1.29. The minimum atomic E-state index is -0.0412. The summed E-state index contributed by atoms with van der Waals surface area (Å²) in [7, 11) is 0. The van der Waals surface area contributed by atoms with Gasteiger partial charge < -0.3 is 14.4 Å². The molecule has 0 bridgehead atoms.